The number of ether oxygens (including phenoxy) is 1. The number of guanidine groups is 1. The van der Waals surface area contributed by atoms with Crippen molar-refractivity contribution in [2.24, 2.45) is 4.99 Å². The minimum atomic E-state index is 0. The topological polar surface area (TPSA) is 69.2 Å². The van der Waals surface area contributed by atoms with Crippen LogP contribution in [0, 0.1) is 0 Å². The molecule has 7 nitrogen and oxygen atoms in total. The molecule has 178 valence electrons. The normalized spacial score (nSPS) is 17.1. The van der Waals surface area contributed by atoms with Crippen LogP contribution in [0.1, 0.15) is 24.8 Å². The first-order chi connectivity index (χ1) is 15.7. The molecule has 1 amide bonds. The first-order valence-electron chi connectivity index (χ1n) is 11.5. The van der Waals surface area contributed by atoms with Gasteiger partial charge in [-0.05, 0) is 37.0 Å². The monoisotopic (exact) mass is 563 g/mol. The minimum absolute atomic E-state index is 0. The van der Waals surface area contributed by atoms with Crippen LogP contribution in [0.15, 0.2) is 59.6 Å². The summed E-state index contributed by atoms with van der Waals surface area (Å²) in [6.45, 7) is 4.70. The molecule has 2 aliphatic rings. The molecule has 0 radical (unpaired) electrons. The van der Waals surface area contributed by atoms with Crippen LogP contribution in [-0.2, 0) is 11.3 Å². The van der Waals surface area contributed by atoms with Gasteiger partial charge in [0.2, 0.25) is 0 Å². The third-order valence-electron chi connectivity index (χ3n) is 6.06. The third-order valence-corrected chi connectivity index (χ3v) is 6.06. The number of hydrogen-bond acceptors (Lipinski definition) is 4. The average Bonchev–Trinajstić information content (AvgIpc) is 2.84. The average molecular weight is 563 g/mol. The number of para-hydroxylation sites is 2. The van der Waals surface area contributed by atoms with Gasteiger partial charge in [0.15, 0.2) is 12.6 Å². The number of likely N-dealkylation sites (tertiary alicyclic amines) is 1. The van der Waals surface area contributed by atoms with E-state index in [-0.39, 0.29) is 36.5 Å². The molecule has 1 saturated heterocycles. The van der Waals surface area contributed by atoms with E-state index in [2.05, 4.69) is 50.9 Å². The highest BCUT2D eigenvalue weighted by atomic mass is 127. The first kappa shape index (κ1) is 25.3. The van der Waals surface area contributed by atoms with E-state index in [1.165, 1.54) is 5.56 Å². The summed E-state index contributed by atoms with van der Waals surface area (Å²) in [5.74, 6) is 1.62. The number of nitrogens with zero attached hydrogens (tertiary/aromatic N) is 3. The highest BCUT2D eigenvalue weighted by Crippen LogP contribution is 2.31. The summed E-state index contributed by atoms with van der Waals surface area (Å²) in [6, 6.07) is 18.8. The zero-order valence-corrected chi connectivity index (χ0v) is 21.5. The first-order valence-corrected chi connectivity index (χ1v) is 11.5. The summed E-state index contributed by atoms with van der Waals surface area (Å²) in [7, 11) is 1.81. The second kappa shape index (κ2) is 12.8. The molecule has 0 unspecified atom stereocenters. The molecule has 33 heavy (non-hydrogen) atoms. The molecule has 4 rings (SSSR count). The van der Waals surface area contributed by atoms with Gasteiger partial charge in [0, 0.05) is 45.8 Å². The maximum atomic E-state index is 12.3. The smallest absolute Gasteiger partial charge is 0.265 e. The van der Waals surface area contributed by atoms with Crippen molar-refractivity contribution in [1.82, 2.24) is 15.5 Å². The third kappa shape index (κ3) is 7.07. The van der Waals surface area contributed by atoms with Crippen LogP contribution in [0.2, 0.25) is 0 Å². The molecular formula is C25H34IN5O2. The zero-order valence-electron chi connectivity index (χ0n) is 19.2. The number of anilines is 1. The van der Waals surface area contributed by atoms with Crippen molar-refractivity contribution in [1.29, 1.82) is 0 Å². The Hall–Kier alpha value is -2.33. The number of amides is 1. The molecule has 2 aliphatic heterocycles. The van der Waals surface area contributed by atoms with Crippen LogP contribution < -0.4 is 20.3 Å². The molecular weight excluding hydrogens is 529 g/mol. The molecule has 2 heterocycles. The fourth-order valence-corrected chi connectivity index (χ4v) is 4.31. The molecule has 0 bridgehead atoms. The van der Waals surface area contributed by atoms with E-state index in [4.69, 9.17) is 4.74 Å². The maximum Gasteiger partial charge on any atom is 0.265 e. The molecule has 2 N–H and O–H groups in total. The number of rotatable bonds is 7. The number of carbonyl (C=O) groups excluding carboxylic acids is 1. The fraction of sp³-hybridized carbons (Fsp3) is 0.440. The quantitative estimate of drug-likeness (QED) is 0.235. The van der Waals surface area contributed by atoms with Crippen molar-refractivity contribution in [3.63, 3.8) is 0 Å². The Bertz CT molecular complexity index is 916. The highest BCUT2D eigenvalue weighted by molar-refractivity contribution is 14.0. The molecule has 0 atom stereocenters. The van der Waals surface area contributed by atoms with Gasteiger partial charge in [-0.3, -0.25) is 14.7 Å². The summed E-state index contributed by atoms with van der Waals surface area (Å²) >= 11 is 0. The van der Waals surface area contributed by atoms with Crippen LogP contribution >= 0.6 is 24.0 Å². The summed E-state index contributed by atoms with van der Waals surface area (Å²) < 4.78 is 5.51. The maximum absolute atomic E-state index is 12.3. The SMILES string of the molecule is CN=C(NCCCN1C(=O)COc2ccccc21)NC1CCN(Cc2ccccc2)CC1.I. The number of nitrogens with one attached hydrogen (secondary N) is 2. The Balaban J connectivity index is 0.00000306. The van der Waals surface area contributed by atoms with E-state index in [1.807, 2.05) is 36.2 Å². The molecule has 0 aromatic heterocycles. The zero-order chi connectivity index (χ0) is 22.2. The second-order valence-electron chi connectivity index (χ2n) is 8.33. The van der Waals surface area contributed by atoms with Gasteiger partial charge in [-0.25, -0.2) is 0 Å². The molecule has 0 saturated carbocycles. The standard InChI is InChI=1S/C25H33N5O2.HI/c1-26-25(28-21-12-16-29(17-13-21)18-20-8-3-2-4-9-20)27-14-7-15-30-22-10-5-6-11-23(22)32-19-24(30)31;/h2-6,8-11,21H,7,12-19H2,1H3,(H2,26,27,28);1H. The largest absolute Gasteiger partial charge is 0.482 e. The van der Waals surface area contributed by atoms with Crippen LogP contribution in [0.25, 0.3) is 0 Å². The number of benzene rings is 2. The summed E-state index contributed by atoms with van der Waals surface area (Å²) in [5.41, 5.74) is 2.23. The van der Waals surface area contributed by atoms with Gasteiger partial charge in [-0.1, -0.05) is 42.5 Å². The van der Waals surface area contributed by atoms with Gasteiger partial charge in [0.1, 0.15) is 5.75 Å². The lowest BCUT2D eigenvalue weighted by atomic mass is 10.0. The molecule has 1 fully saturated rings. The van der Waals surface area contributed by atoms with Crippen molar-refractivity contribution in [2.45, 2.75) is 31.8 Å². The van der Waals surface area contributed by atoms with Crippen molar-refractivity contribution >= 4 is 41.5 Å². The second-order valence-corrected chi connectivity index (χ2v) is 8.33. The molecule has 2 aromatic rings. The van der Waals surface area contributed by atoms with Crippen molar-refractivity contribution in [2.75, 3.05) is 44.7 Å². The van der Waals surface area contributed by atoms with Gasteiger partial charge in [0.05, 0.1) is 5.69 Å². The number of halogens is 1. The van der Waals surface area contributed by atoms with Gasteiger partial charge < -0.3 is 20.3 Å². The Labute approximate surface area is 213 Å². The molecule has 2 aromatic carbocycles. The van der Waals surface area contributed by atoms with Crippen LogP contribution in [0.3, 0.4) is 0 Å². The fourth-order valence-electron chi connectivity index (χ4n) is 4.31. The Morgan fingerprint density at radius 2 is 1.82 bits per heavy atom. The number of carbonyl (C=O) groups is 1. The van der Waals surface area contributed by atoms with E-state index < -0.39 is 0 Å². The Morgan fingerprint density at radius 3 is 2.58 bits per heavy atom. The van der Waals surface area contributed by atoms with Crippen molar-refractivity contribution in [3.8, 4) is 5.75 Å². The van der Waals surface area contributed by atoms with E-state index in [0.29, 0.717) is 12.6 Å². The lowest BCUT2D eigenvalue weighted by molar-refractivity contribution is -0.121. The highest BCUT2D eigenvalue weighted by Gasteiger charge is 2.24. The summed E-state index contributed by atoms with van der Waals surface area (Å²) in [6.07, 6.45) is 3.04. The molecule has 0 aliphatic carbocycles. The predicted octanol–water partition coefficient (Wildman–Crippen LogP) is 3.25. The number of aliphatic imine (C=N–C) groups is 1. The number of fused-ring (bicyclic) bond motifs is 1. The van der Waals surface area contributed by atoms with Gasteiger partial charge in [0.25, 0.3) is 5.91 Å². The van der Waals surface area contributed by atoms with E-state index in [9.17, 15) is 4.79 Å². The minimum Gasteiger partial charge on any atom is -0.482 e. The van der Waals surface area contributed by atoms with Crippen molar-refractivity contribution in [3.05, 3.63) is 60.2 Å². The lowest BCUT2D eigenvalue weighted by Gasteiger charge is -2.33. The number of hydrogen-bond donors (Lipinski definition) is 2. The van der Waals surface area contributed by atoms with Gasteiger partial charge in [-0.15, -0.1) is 24.0 Å². The van der Waals surface area contributed by atoms with E-state index in [1.54, 1.807) is 0 Å². The van der Waals surface area contributed by atoms with Crippen LogP contribution in [0.5, 0.6) is 5.75 Å². The Kier molecular flexibility index (Phi) is 9.80. The van der Waals surface area contributed by atoms with Crippen LogP contribution in [-0.4, -0.2) is 62.6 Å². The van der Waals surface area contributed by atoms with E-state index >= 15 is 0 Å². The van der Waals surface area contributed by atoms with Gasteiger partial charge in [-0.2, -0.15) is 0 Å². The summed E-state index contributed by atoms with van der Waals surface area (Å²) in [5, 5.41) is 6.97. The van der Waals surface area contributed by atoms with Crippen molar-refractivity contribution < 1.29 is 9.53 Å². The van der Waals surface area contributed by atoms with E-state index in [0.717, 1.165) is 62.8 Å². The summed E-state index contributed by atoms with van der Waals surface area (Å²) in [4.78, 5) is 21.0. The van der Waals surface area contributed by atoms with Crippen LogP contribution in [0.4, 0.5) is 5.69 Å². The van der Waals surface area contributed by atoms with Gasteiger partial charge >= 0.3 is 0 Å². The lowest BCUT2D eigenvalue weighted by Crippen LogP contribution is -2.49. The Morgan fingerprint density at radius 1 is 1.09 bits per heavy atom. The number of piperidine rings is 1. The predicted molar refractivity (Wildman–Crippen MR) is 144 cm³/mol. The molecule has 0 spiro atoms. The molecule has 8 heteroatoms.